The highest BCUT2D eigenvalue weighted by Crippen LogP contribution is 2.70. The van der Waals surface area contributed by atoms with Crippen LogP contribution < -0.4 is 5.73 Å². The van der Waals surface area contributed by atoms with Crippen molar-refractivity contribution < 1.29 is 34.4 Å². The van der Waals surface area contributed by atoms with Crippen LogP contribution in [0.4, 0.5) is 5.69 Å². The number of rotatable bonds is 5. The number of allylic oxidation sites excluding steroid dienone is 4. The van der Waals surface area contributed by atoms with Gasteiger partial charge in [-0.1, -0.05) is 55.8 Å². The van der Waals surface area contributed by atoms with Crippen LogP contribution in [-0.2, 0) is 25.5 Å². The van der Waals surface area contributed by atoms with Crippen molar-refractivity contribution in [3.05, 3.63) is 83.0 Å². The molecule has 1 heterocycles. The molecule has 8 heteroatoms. The summed E-state index contributed by atoms with van der Waals surface area (Å²) in [5.74, 6) is -0.265. The lowest BCUT2D eigenvalue weighted by Gasteiger charge is -2.59. The van der Waals surface area contributed by atoms with E-state index in [1.54, 1.807) is 24.3 Å². The number of ketones is 2. The number of benzene rings is 2. The zero-order chi connectivity index (χ0) is 30.3. The topological polar surface area (TPSA) is 139 Å². The maximum atomic E-state index is 13.7. The second-order valence-corrected chi connectivity index (χ2v) is 13.7. The second kappa shape index (κ2) is 9.86. The number of carbonyl (C=O) groups excluding carboxylic acids is 2. The first kappa shape index (κ1) is 28.5. The zero-order valence-electron chi connectivity index (χ0n) is 24.5. The van der Waals surface area contributed by atoms with Crippen LogP contribution in [0.1, 0.15) is 62.5 Å². The number of Topliss-reactive ketones (excluding diaryl/α,β-unsaturated/α-hetero) is 1. The molecule has 2 aromatic rings. The van der Waals surface area contributed by atoms with Crippen LogP contribution in [0.25, 0.3) is 0 Å². The van der Waals surface area contributed by atoms with Gasteiger partial charge in [-0.05, 0) is 79.4 Å². The Balaban J connectivity index is 1.17. The van der Waals surface area contributed by atoms with Gasteiger partial charge in [-0.3, -0.25) is 9.59 Å². The van der Waals surface area contributed by atoms with Gasteiger partial charge in [0.05, 0.1) is 17.9 Å². The number of fused-ring (bicyclic) bond motifs is 7. The quantitative estimate of drug-likeness (QED) is 0.303. The fourth-order valence-electron chi connectivity index (χ4n) is 9.58. The molecule has 0 bridgehead atoms. The highest BCUT2D eigenvalue weighted by Gasteiger charge is 2.75. The summed E-state index contributed by atoms with van der Waals surface area (Å²) in [6.07, 6.45) is 6.45. The van der Waals surface area contributed by atoms with Gasteiger partial charge >= 0.3 is 0 Å². The summed E-state index contributed by atoms with van der Waals surface area (Å²) in [4.78, 5) is 25.9. The monoisotopic (exact) mass is 585 g/mol. The lowest BCUT2D eigenvalue weighted by atomic mass is 9.46. The first-order chi connectivity index (χ1) is 20.5. The normalized spacial score (nSPS) is 39.4. The summed E-state index contributed by atoms with van der Waals surface area (Å²) in [5.41, 5.74) is 7.53. The summed E-state index contributed by atoms with van der Waals surface area (Å²) in [6, 6.07) is 13.0. The number of ether oxygens (including phenoxy) is 2. The Morgan fingerprint density at radius 1 is 1.12 bits per heavy atom. The maximum Gasteiger partial charge on any atom is 0.193 e. The number of carbonyl (C=O) groups is 2. The Labute approximate surface area is 251 Å². The van der Waals surface area contributed by atoms with E-state index in [0.29, 0.717) is 24.9 Å². The molecular weight excluding hydrogens is 546 g/mol. The largest absolute Gasteiger partial charge is 0.506 e. The number of aliphatic hydroxyl groups is 2. The Kier molecular flexibility index (Phi) is 6.53. The number of hydrogen-bond acceptors (Lipinski definition) is 8. The van der Waals surface area contributed by atoms with Gasteiger partial charge in [0, 0.05) is 22.3 Å². The predicted molar refractivity (Wildman–Crippen MR) is 159 cm³/mol. The van der Waals surface area contributed by atoms with Crippen molar-refractivity contribution in [1.82, 2.24) is 0 Å². The zero-order valence-corrected chi connectivity index (χ0v) is 24.5. The van der Waals surface area contributed by atoms with E-state index in [0.717, 1.165) is 35.1 Å². The minimum atomic E-state index is -1.37. The Hall–Kier alpha value is -3.30. The van der Waals surface area contributed by atoms with E-state index in [4.69, 9.17) is 15.2 Å². The molecular formula is C35H39NO7. The van der Waals surface area contributed by atoms with Crippen molar-refractivity contribution in [2.75, 3.05) is 12.3 Å². The van der Waals surface area contributed by atoms with Crippen molar-refractivity contribution in [3.8, 4) is 5.75 Å². The highest BCUT2D eigenvalue weighted by molar-refractivity contribution is 6.01. The number of phenolic OH excluding ortho intramolecular Hbond substituents is 1. The van der Waals surface area contributed by atoms with E-state index in [1.165, 1.54) is 0 Å². The van der Waals surface area contributed by atoms with Crippen LogP contribution in [0.5, 0.6) is 5.75 Å². The number of anilines is 1. The van der Waals surface area contributed by atoms with Crippen LogP contribution in [-0.4, -0.2) is 51.3 Å². The highest BCUT2D eigenvalue weighted by atomic mass is 16.7. The molecule has 43 heavy (non-hydrogen) atoms. The van der Waals surface area contributed by atoms with Gasteiger partial charge < -0.3 is 30.5 Å². The fourth-order valence-corrected chi connectivity index (χ4v) is 9.58. The van der Waals surface area contributed by atoms with E-state index in [9.17, 15) is 24.9 Å². The molecule has 3 saturated carbocycles. The number of aliphatic hydroxyl groups excluding tert-OH is 2. The molecule has 0 spiro atoms. The molecule has 1 unspecified atom stereocenters. The minimum absolute atomic E-state index is 0.00474. The third-order valence-corrected chi connectivity index (χ3v) is 11.5. The smallest absolute Gasteiger partial charge is 0.193 e. The Bertz CT molecular complexity index is 1550. The van der Waals surface area contributed by atoms with Crippen molar-refractivity contribution in [3.63, 3.8) is 0 Å². The minimum Gasteiger partial charge on any atom is -0.506 e. The third-order valence-electron chi connectivity index (χ3n) is 11.5. The lowest BCUT2D eigenvalue weighted by molar-refractivity contribution is -0.201. The third kappa shape index (κ3) is 4.03. The van der Waals surface area contributed by atoms with E-state index in [1.807, 2.05) is 43.3 Å². The molecule has 7 rings (SSSR count). The van der Waals surface area contributed by atoms with Gasteiger partial charge in [0.15, 0.2) is 23.5 Å². The molecule has 1 saturated heterocycles. The molecule has 4 fully saturated rings. The molecule has 226 valence electrons. The van der Waals surface area contributed by atoms with Gasteiger partial charge in [-0.15, -0.1) is 0 Å². The van der Waals surface area contributed by atoms with Crippen molar-refractivity contribution in [1.29, 1.82) is 0 Å². The molecule has 1 aliphatic heterocycles. The second-order valence-electron chi connectivity index (χ2n) is 13.7. The van der Waals surface area contributed by atoms with Crippen LogP contribution >= 0.6 is 0 Å². The van der Waals surface area contributed by atoms with Crippen molar-refractivity contribution in [2.45, 2.75) is 70.1 Å². The van der Waals surface area contributed by atoms with Gasteiger partial charge in [-0.2, -0.15) is 0 Å². The summed E-state index contributed by atoms with van der Waals surface area (Å²) in [7, 11) is 0. The van der Waals surface area contributed by atoms with Crippen LogP contribution in [0.2, 0.25) is 0 Å². The molecule has 8 nitrogen and oxygen atoms in total. The SMILES string of the molecule is C[C@]12C=CC(=O)C=C1CC[C@H]1C3C[C@H]4O[C@@H](c5ccc(Cc6ccc(O)c(N)c6)cc5)O[C@@]4(C(=O)CO)[C@@]3(C)C[C@H](O)[C@@H]12. The van der Waals surface area contributed by atoms with Gasteiger partial charge in [0.2, 0.25) is 0 Å². The summed E-state index contributed by atoms with van der Waals surface area (Å²) < 4.78 is 13.2. The average molecular weight is 586 g/mol. The van der Waals surface area contributed by atoms with Crippen LogP contribution in [0.3, 0.4) is 0 Å². The number of hydrogen-bond donors (Lipinski definition) is 4. The number of phenols is 1. The standard InChI is InChI=1S/C35H39NO7/c1-33-12-11-23(38)15-22(33)8-9-24-25-16-30-35(29(41)18-37,34(25,2)17-28(40)31(24)33)43-32(42-30)21-6-3-19(4-7-21)13-20-5-10-27(39)26(36)14-20/h3-7,10-12,14-15,24-25,28,30-32,37,39-40H,8-9,13,16-18,36H2,1-2H3/t24-,25?,28-,30+,31+,32+,33-,34-,35+/m0/s1. The Morgan fingerprint density at radius 3 is 2.58 bits per heavy atom. The van der Waals surface area contributed by atoms with Gasteiger partial charge in [0.25, 0.3) is 0 Å². The Morgan fingerprint density at radius 2 is 1.86 bits per heavy atom. The van der Waals surface area contributed by atoms with Crippen molar-refractivity contribution >= 4 is 17.3 Å². The summed E-state index contributed by atoms with van der Waals surface area (Å²) in [6.45, 7) is 3.50. The van der Waals surface area contributed by atoms with Crippen LogP contribution in [0, 0.1) is 28.6 Å². The van der Waals surface area contributed by atoms with E-state index < -0.39 is 47.3 Å². The predicted octanol–water partition coefficient (Wildman–Crippen LogP) is 4.17. The van der Waals surface area contributed by atoms with E-state index >= 15 is 0 Å². The molecule has 5 N–H and O–H groups in total. The molecule has 0 aromatic heterocycles. The molecule has 0 radical (unpaired) electrons. The summed E-state index contributed by atoms with van der Waals surface area (Å²) in [5, 5.41) is 31.7. The van der Waals surface area contributed by atoms with E-state index in [-0.39, 0.29) is 29.3 Å². The first-order valence-electron chi connectivity index (χ1n) is 15.3. The van der Waals surface area contributed by atoms with Gasteiger partial charge in [-0.25, -0.2) is 0 Å². The average Bonchev–Trinajstić information content (AvgIpc) is 3.48. The molecule has 0 amide bonds. The molecule has 4 aliphatic carbocycles. The molecule has 5 aliphatic rings. The summed E-state index contributed by atoms with van der Waals surface area (Å²) >= 11 is 0. The molecule has 2 aromatic carbocycles. The number of nitrogens with two attached hydrogens (primary N) is 1. The van der Waals surface area contributed by atoms with Gasteiger partial charge in [0.1, 0.15) is 12.4 Å². The van der Waals surface area contributed by atoms with Crippen LogP contribution in [0.15, 0.2) is 66.3 Å². The lowest BCUT2D eigenvalue weighted by Crippen LogP contribution is -2.63. The maximum absolute atomic E-state index is 13.7. The number of aromatic hydroxyl groups is 1. The first-order valence-corrected chi connectivity index (χ1v) is 15.3. The van der Waals surface area contributed by atoms with E-state index in [2.05, 4.69) is 6.92 Å². The molecule has 9 atom stereocenters. The fraction of sp³-hybridized carbons (Fsp3) is 0.486. The number of nitrogen functional groups attached to an aromatic ring is 1. The van der Waals surface area contributed by atoms with Crippen molar-refractivity contribution in [2.24, 2.45) is 28.6 Å².